The van der Waals surface area contributed by atoms with Gasteiger partial charge in [0.15, 0.2) is 0 Å². The lowest BCUT2D eigenvalue weighted by atomic mass is 9.41. The van der Waals surface area contributed by atoms with Crippen LogP contribution in [0.15, 0.2) is 16.8 Å². The summed E-state index contributed by atoms with van der Waals surface area (Å²) in [7, 11) is 0. The lowest BCUT2D eigenvalue weighted by Crippen LogP contribution is -2.68. The van der Waals surface area contributed by atoms with E-state index in [1.165, 1.54) is 0 Å². The van der Waals surface area contributed by atoms with Crippen molar-refractivity contribution < 1.29 is 30.0 Å². The fourth-order valence-electron chi connectivity index (χ4n) is 8.64. The van der Waals surface area contributed by atoms with Gasteiger partial charge in [-0.1, -0.05) is 6.92 Å². The van der Waals surface area contributed by atoms with E-state index in [1.54, 1.807) is 6.08 Å². The van der Waals surface area contributed by atoms with E-state index in [9.17, 15) is 20.1 Å². The molecule has 5 aliphatic rings. The summed E-state index contributed by atoms with van der Waals surface area (Å²) in [6.45, 7) is 2.82. The van der Waals surface area contributed by atoms with Gasteiger partial charge in [0, 0.05) is 29.5 Å². The highest BCUT2D eigenvalue weighted by atomic mass is 16.5. The Hall–Kier alpha value is -1.48. The number of hydrogen-bond donors (Lipinski definition) is 5. The van der Waals surface area contributed by atoms with Crippen LogP contribution in [0.5, 0.6) is 0 Å². The number of hydrazone groups is 1. The minimum absolute atomic E-state index is 0.0136. The summed E-state index contributed by atoms with van der Waals surface area (Å²) in [6.07, 6.45) is 8.88. The highest BCUT2D eigenvalue weighted by molar-refractivity contribution is 5.85. The molecule has 5 rings (SSSR count). The fourth-order valence-corrected chi connectivity index (χ4v) is 8.64. The van der Waals surface area contributed by atoms with Crippen molar-refractivity contribution in [1.82, 2.24) is 5.43 Å². The van der Waals surface area contributed by atoms with Gasteiger partial charge in [0.25, 0.3) is 0 Å². The molecule has 4 fully saturated rings. The van der Waals surface area contributed by atoms with Gasteiger partial charge >= 0.3 is 5.97 Å². The Morgan fingerprint density at radius 2 is 1.94 bits per heavy atom. The Balaban J connectivity index is 1.50. The van der Waals surface area contributed by atoms with Crippen LogP contribution in [0, 0.1) is 28.6 Å². The van der Waals surface area contributed by atoms with Crippen molar-refractivity contribution in [3.8, 4) is 0 Å². The molecule has 33 heavy (non-hydrogen) atoms. The van der Waals surface area contributed by atoms with Gasteiger partial charge in [0.1, 0.15) is 6.61 Å². The lowest BCUT2D eigenvalue weighted by molar-refractivity contribution is -0.237. The van der Waals surface area contributed by atoms with Crippen LogP contribution in [0.3, 0.4) is 0 Å². The van der Waals surface area contributed by atoms with Gasteiger partial charge in [-0.25, -0.2) is 4.79 Å². The molecule has 8 atom stereocenters. The van der Waals surface area contributed by atoms with Gasteiger partial charge < -0.3 is 30.6 Å². The minimum atomic E-state index is -1.06. The predicted octanol–water partition coefficient (Wildman–Crippen LogP) is 1.27. The Kier molecular flexibility index (Phi) is 5.67. The molecule has 8 nitrogen and oxygen atoms in total. The molecule has 0 amide bonds. The number of rotatable bonds is 5. The molecular formula is C25H38N2O6. The molecule has 184 valence electrons. The van der Waals surface area contributed by atoms with Gasteiger partial charge in [-0.3, -0.25) is 0 Å². The fraction of sp³-hybridized carbons (Fsp3) is 0.840. The first-order chi connectivity index (χ1) is 15.7. The number of aliphatic hydroxyl groups excluding tert-OH is 2. The van der Waals surface area contributed by atoms with Crippen molar-refractivity contribution in [1.29, 1.82) is 0 Å². The van der Waals surface area contributed by atoms with Crippen LogP contribution in [0.25, 0.3) is 0 Å². The second-order valence-electron chi connectivity index (χ2n) is 11.4. The van der Waals surface area contributed by atoms with Crippen LogP contribution >= 0.6 is 0 Å². The molecule has 0 aromatic carbocycles. The van der Waals surface area contributed by atoms with Crippen LogP contribution in [0.2, 0.25) is 0 Å². The maximum absolute atomic E-state index is 12.3. The summed E-state index contributed by atoms with van der Waals surface area (Å²) in [6, 6.07) is 0. The number of nitrogens with one attached hydrogen (secondary N) is 1. The monoisotopic (exact) mass is 462 g/mol. The SMILES string of the molecule is C[C@]12CC[C@@H]3[C@H](CC[C@]4(O)C[C@H](O)CC[C@]34/C=N\NCCO)[C@]1(O)CC[C@H]2C1=CC(=O)OC1. The summed E-state index contributed by atoms with van der Waals surface area (Å²) in [5.74, 6) is -0.0955. The Morgan fingerprint density at radius 3 is 2.67 bits per heavy atom. The molecule has 4 aliphatic carbocycles. The van der Waals surface area contributed by atoms with Crippen molar-refractivity contribution in [2.75, 3.05) is 19.8 Å². The zero-order valence-electron chi connectivity index (χ0n) is 19.5. The third-order valence-corrected chi connectivity index (χ3v) is 10.2. The van der Waals surface area contributed by atoms with Gasteiger partial charge in [0.05, 0.1) is 30.5 Å². The second-order valence-corrected chi connectivity index (χ2v) is 11.4. The number of carbonyl (C=O) groups excluding carboxylic acids is 1. The number of cyclic esters (lactones) is 1. The molecule has 0 radical (unpaired) electrons. The van der Waals surface area contributed by atoms with Gasteiger partial charge in [-0.2, -0.15) is 5.10 Å². The molecule has 1 heterocycles. The van der Waals surface area contributed by atoms with Crippen molar-refractivity contribution in [2.45, 2.75) is 82.0 Å². The Labute approximate surface area is 195 Å². The van der Waals surface area contributed by atoms with Gasteiger partial charge in [-0.15, -0.1) is 0 Å². The Bertz CT molecular complexity index is 862. The topological polar surface area (TPSA) is 132 Å². The van der Waals surface area contributed by atoms with Crippen LogP contribution in [-0.4, -0.2) is 69.7 Å². The van der Waals surface area contributed by atoms with Gasteiger partial charge in [-0.05, 0) is 74.7 Å². The van der Waals surface area contributed by atoms with Crippen molar-refractivity contribution in [3.63, 3.8) is 0 Å². The third kappa shape index (κ3) is 3.24. The first-order valence-electron chi connectivity index (χ1n) is 12.6. The van der Waals surface area contributed by atoms with E-state index in [1.807, 2.05) is 6.21 Å². The molecule has 5 N–H and O–H groups in total. The van der Waals surface area contributed by atoms with E-state index in [0.717, 1.165) is 24.8 Å². The van der Waals surface area contributed by atoms with Crippen LogP contribution in [-0.2, 0) is 9.53 Å². The summed E-state index contributed by atoms with van der Waals surface area (Å²) in [4.78, 5) is 11.7. The number of carbonyl (C=O) groups is 1. The van der Waals surface area contributed by atoms with E-state index in [4.69, 9.17) is 9.84 Å². The number of nitrogens with zero attached hydrogens (tertiary/aromatic N) is 1. The zero-order chi connectivity index (χ0) is 23.5. The highest BCUT2D eigenvalue weighted by Gasteiger charge is 2.71. The maximum atomic E-state index is 12.3. The third-order valence-electron chi connectivity index (χ3n) is 10.2. The molecule has 0 spiro atoms. The zero-order valence-corrected chi connectivity index (χ0v) is 19.5. The van der Waals surface area contributed by atoms with Gasteiger partial charge in [0.2, 0.25) is 0 Å². The average molecular weight is 463 g/mol. The first kappa shape index (κ1) is 23.3. The standard InChI is InChI=1S/C25H38N2O6/c1-22-6-3-19-20(25(22,32)9-5-18(22)16-12-21(30)33-14-16)4-8-24(31)13-17(29)2-7-23(19,24)15-27-26-10-11-28/h12,15,17-20,26,28-29,31-32H,2-11,13-14H2,1H3/b27-15-/t17-,18+,19-,20+,22-,23+,24+,25-/m1/s1. The largest absolute Gasteiger partial charge is 0.458 e. The number of hydrogen-bond acceptors (Lipinski definition) is 8. The average Bonchev–Trinajstić information content (AvgIpc) is 3.31. The van der Waals surface area contributed by atoms with E-state index < -0.39 is 22.7 Å². The lowest BCUT2D eigenvalue weighted by Gasteiger charge is -2.65. The molecule has 0 aromatic rings. The van der Waals surface area contributed by atoms with Crippen molar-refractivity contribution >= 4 is 12.2 Å². The first-order valence-corrected chi connectivity index (χ1v) is 12.6. The van der Waals surface area contributed by atoms with E-state index in [-0.39, 0.29) is 35.7 Å². The van der Waals surface area contributed by atoms with E-state index in [2.05, 4.69) is 17.5 Å². The molecule has 0 unspecified atom stereocenters. The van der Waals surface area contributed by atoms with Crippen LogP contribution in [0.1, 0.15) is 64.7 Å². The number of fused-ring (bicyclic) bond motifs is 5. The minimum Gasteiger partial charge on any atom is -0.458 e. The molecular weight excluding hydrogens is 424 g/mol. The summed E-state index contributed by atoms with van der Waals surface area (Å²) >= 11 is 0. The number of esters is 1. The van der Waals surface area contributed by atoms with Crippen molar-refractivity contribution in [2.24, 2.45) is 33.7 Å². The molecule has 1 aliphatic heterocycles. The quantitative estimate of drug-likeness (QED) is 0.180. The summed E-state index contributed by atoms with van der Waals surface area (Å²) in [5, 5.41) is 48.1. The highest BCUT2D eigenvalue weighted by Crippen LogP contribution is 2.70. The predicted molar refractivity (Wildman–Crippen MR) is 121 cm³/mol. The summed E-state index contributed by atoms with van der Waals surface area (Å²) in [5.41, 5.74) is 0.968. The normalized spacial score (nSPS) is 49.2. The molecule has 8 heteroatoms. The molecule has 0 bridgehead atoms. The number of aliphatic hydroxyl groups is 4. The van der Waals surface area contributed by atoms with Crippen LogP contribution < -0.4 is 5.43 Å². The van der Waals surface area contributed by atoms with Crippen molar-refractivity contribution in [3.05, 3.63) is 11.6 Å². The number of ether oxygens (including phenoxy) is 1. The van der Waals surface area contributed by atoms with Crippen LogP contribution in [0.4, 0.5) is 0 Å². The molecule has 0 saturated heterocycles. The maximum Gasteiger partial charge on any atom is 0.331 e. The molecule has 4 saturated carbocycles. The Morgan fingerprint density at radius 1 is 1.15 bits per heavy atom. The van der Waals surface area contributed by atoms with E-state index in [0.29, 0.717) is 51.7 Å². The van der Waals surface area contributed by atoms with E-state index >= 15 is 0 Å². The smallest absolute Gasteiger partial charge is 0.331 e. The second kappa shape index (κ2) is 8.04. The summed E-state index contributed by atoms with van der Waals surface area (Å²) < 4.78 is 5.20. The molecule has 0 aromatic heterocycles.